The van der Waals surface area contributed by atoms with Crippen LogP contribution in [0.4, 0.5) is 0 Å². The molecule has 0 unspecified atom stereocenters. The van der Waals surface area contributed by atoms with E-state index in [1.807, 2.05) is 0 Å². The van der Waals surface area contributed by atoms with Crippen molar-refractivity contribution in [3.05, 3.63) is 29.8 Å². The van der Waals surface area contributed by atoms with Gasteiger partial charge in [0.15, 0.2) is 0 Å². The van der Waals surface area contributed by atoms with E-state index in [2.05, 4.69) is 36.5 Å². The molecule has 0 spiro atoms. The molecule has 1 aromatic carbocycles. The molecule has 21 heavy (non-hydrogen) atoms. The third kappa shape index (κ3) is 5.71. The number of carbonyl (C=O) groups is 1. The zero-order chi connectivity index (χ0) is 15.1. The summed E-state index contributed by atoms with van der Waals surface area (Å²) >= 11 is 1.73. The number of hydrogen-bond acceptors (Lipinski definition) is 3. The fraction of sp³-hybridized carbons (Fsp3) is 0.588. The van der Waals surface area contributed by atoms with Gasteiger partial charge in [-0.3, -0.25) is 4.79 Å². The van der Waals surface area contributed by atoms with E-state index >= 15 is 0 Å². The van der Waals surface area contributed by atoms with E-state index in [9.17, 15) is 4.79 Å². The van der Waals surface area contributed by atoms with Gasteiger partial charge in [-0.05, 0) is 50.7 Å². The van der Waals surface area contributed by atoms with Gasteiger partial charge in [0.25, 0.3) is 0 Å². The molecule has 0 radical (unpaired) electrons. The Balaban J connectivity index is 1.62. The molecule has 1 aliphatic rings. The van der Waals surface area contributed by atoms with Crippen LogP contribution < -0.4 is 5.32 Å². The van der Waals surface area contributed by atoms with Crippen molar-refractivity contribution >= 4 is 17.7 Å². The predicted octanol–water partition coefficient (Wildman–Crippen LogP) is 3.14. The number of rotatable bonds is 6. The molecular weight excluding hydrogens is 282 g/mol. The Hall–Kier alpha value is -1.00. The summed E-state index contributed by atoms with van der Waals surface area (Å²) < 4.78 is 0. The van der Waals surface area contributed by atoms with E-state index in [0.29, 0.717) is 18.4 Å². The van der Waals surface area contributed by atoms with E-state index in [-0.39, 0.29) is 12.5 Å². The maximum Gasteiger partial charge on any atom is 0.221 e. The quantitative estimate of drug-likeness (QED) is 0.794. The molecule has 4 heteroatoms. The lowest BCUT2D eigenvalue weighted by molar-refractivity contribution is -0.121. The van der Waals surface area contributed by atoms with Crippen molar-refractivity contribution in [1.29, 1.82) is 0 Å². The van der Waals surface area contributed by atoms with Gasteiger partial charge in [-0.25, -0.2) is 0 Å². The zero-order valence-corrected chi connectivity index (χ0v) is 13.5. The van der Waals surface area contributed by atoms with Gasteiger partial charge in [0.05, 0.1) is 0 Å². The van der Waals surface area contributed by atoms with E-state index in [4.69, 9.17) is 5.11 Å². The van der Waals surface area contributed by atoms with Gasteiger partial charge in [0, 0.05) is 29.7 Å². The summed E-state index contributed by atoms with van der Waals surface area (Å²) in [7, 11) is 0. The molecule has 0 bridgehead atoms. The number of aryl methyl sites for hydroxylation is 1. The number of amides is 1. The summed E-state index contributed by atoms with van der Waals surface area (Å²) in [6.45, 7) is 2.36. The van der Waals surface area contributed by atoms with Gasteiger partial charge < -0.3 is 10.4 Å². The highest BCUT2D eigenvalue weighted by Gasteiger charge is 2.21. The fourth-order valence-electron chi connectivity index (χ4n) is 2.69. The van der Waals surface area contributed by atoms with Crippen molar-refractivity contribution in [2.75, 3.05) is 12.4 Å². The largest absolute Gasteiger partial charge is 0.396 e. The smallest absolute Gasteiger partial charge is 0.221 e. The molecule has 2 N–H and O–H groups in total. The molecule has 1 aromatic rings. The van der Waals surface area contributed by atoms with Crippen LogP contribution >= 0.6 is 11.8 Å². The first-order valence-electron chi connectivity index (χ1n) is 7.77. The number of hydrogen-bond donors (Lipinski definition) is 2. The maximum absolute atomic E-state index is 11.9. The minimum absolute atomic E-state index is 0.155. The van der Waals surface area contributed by atoms with Crippen LogP contribution in [0.15, 0.2) is 29.2 Å². The summed E-state index contributed by atoms with van der Waals surface area (Å²) in [5.41, 5.74) is 1.26. The highest BCUT2D eigenvalue weighted by atomic mass is 32.2. The molecule has 0 aromatic heterocycles. The van der Waals surface area contributed by atoms with Crippen molar-refractivity contribution in [1.82, 2.24) is 5.32 Å². The monoisotopic (exact) mass is 307 g/mol. The third-order valence-electron chi connectivity index (χ3n) is 4.09. The zero-order valence-electron chi connectivity index (χ0n) is 12.7. The van der Waals surface area contributed by atoms with Crippen LogP contribution in [0.25, 0.3) is 0 Å². The molecule has 0 saturated heterocycles. The van der Waals surface area contributed by atoms with Crippen LogP contribution in [-0.4, -0.2) is 29.4 Å². The van der Waals surface area contributed by atoms with Gasteiger partial charge in [0.2, 0.25) is 5.91 Å². The minimum atomic E-state index is 0.155. The van der Waals surface area contributed by atoms with Crippen LogP contribution in [0.3, 0.4) is 0 Å². The standard InChI is InChI=1S/C17H25NO2S/c1-13-2-8-16(9-3-13)21-11-10-17(20)18-15-6-4-14(12-19)5-7-15/h2-3,8-9,14-15,19H,4-7,10-12H2,1H3,(H,18,20). The Morgan fingerprint density at radius 2 is 1.90 bits per heavy atom. The second kappa shape index (κ2) is 8.44. The lowest BCUT2D eigenvalue weighted by atomic mass is 9.86. The summed E-state index contributed by atoms with van der Waals surface area (Å²) in [5, 5.41) is 12.2. The van der Waals surface area contributed by atoms with E-state index in [1.54, 1.807) is 11.8 Å². The van der Waals surface area contributed by atoms with Gasteiger partial charge in [0.1, 0.15) is 0 Å². The number of aliphatic hydroxyl groups is 1. The first kappa shape index (κ1) is 16.4. The summed E-state index contributed by atoms with van der Waals surface area (Å²) in [4.78, 5) is 13.2. The molecular formula is C17H25NO2S. The summed E-state index contributed by atoms with van der Waals surface area (Å²) in [6, 6.07) is 8.72. The highest BCUT2D eigenvalue weighted by molar-refractivity contribution is 7.99. The molecule has 0 atom stereocenters. The second-order valence-corrected chi connectivity index (χ2v) is 7.05. The lowest BCUT2D eigenvalue weighted by Gasteiger charge is -2.27. The third-order valence-corrected chi connectivity index (χ3v) is 5.10. The average Bonchev–Trinajstić information content (AvgIpc) is 2.50. The Labute approximate surface area is 131 Å². The maximum atomic E-state index is 11.9. The van der Waals surface area contributed by atoms with E-state index in [1.165, 1.54) is 10.5 Å². The molecule has 0 heterocycles. The van der Waals surface area contributed by atoms with Crippen molar-refractivity contribution in [3.63, 3.8) is 0 Å². The Bertz CT molecular complexity index is 439. The molecule has 0 aliphatic heterocycles. The van der Waals surface area contributed by atoms with Crippen LogP contribution in [0.2, 0.25) is 0 Å². The average molecular weight is 307 g/mol. The second-order valence-electron chi connectivity index (χ2n) is 5.88. The highest BCUT2D eigenvalue weighted by Crippen LogP contribution is 2.24. The Morgan fingerprint density at radius 1 is 1.24 bits per heavy atom. The van der Waals surface area contributed by atoms with Gasteiger partial charge in [-0.15, -0.1) is 11.8 Å². The molecule has 1 saturated carbocycles. The van der Waals surface area contributed by atoms with Gasteiger partial charge >= 0.3 is 0 Å². The van der Waals surface area contributed by atoms with Crippen LogP contribution in [0.1, 0.15) is 37.7 Å². The molecule has 1 aliphatic carbocycles. The Kier molecular flexibility index (Phi) is 6.58. The predicted molar refractivity (Wildman–Crippen MR) is 87.5 cm³/mol. The first-order valence-corrected chi connectivity index (χ1v) is 8.75. The SMILES string of the molecule is Cc1ccc(SCCC(=O)NC2CCC(CO)CC2)cc1. The number of nitrogens with one attached hydrogen (secondary N) is 1. The van der Waals surface area contributed by atoms with Crippen LogP contribution in [0.5, 0.6) is 0 Å². The fourth-order valence-corrected chi connectivity index (χ4v) is 3.54. The number of carbonyl (C=O) groups excluding carboxylic acids is 1. The van der Waals surface area contributed by atoms with E-state index in [0.717, 1.165) is 31.4 Å². The van der Waals surface area contributed by atoms with Gasteiger partial charge in [-0.2, -0.15) is 0 Å². The van der Waals surface area contributed by atoms with Crippen molar-refractivity contribution in [2.45, 2.75) is 50.0 Å². The van der Waals surface area contributed by atoms with Crippen molar-refractivity contribution in [3.8, 4) is 0 Å². The number of thioether (sulfide) groups is 1. The molecule has 116 valence electrons. The minimum Gasteiger partial charge on any atom is -0.396 e. The molecule has 2 rings (SSSR count). The first-order chi connectivity index (χ1) is 10.2. The number of benzene rings is 1. The molecule has 1 amide bonds. The van der Waals surface area contributed by atoms with Crippen molar-refractivity contribution < 1.29 is 9.90 Å². The molecule has 1 fully saturated rings. The summed E-state index contributed by atoms with van der Waals surface area (Å²) in [5.74, 6) is 1.42. The normalized spacial score (nSPS) is 22.0. The van der Waals surface area contributed by atoms with Gasteiger partial charge in [-0.1, -0.05) is 17.7 Å². The lowest BCUT2D eigenvalue weighted by Crippen LogP contribution is -2.38. The van der Waals surface area contributed by atoms with E-state index < -0.39 is 0 Å². The molecule has 3 nitrogen and oxygen atoms in total. The number of aliphatic hydroxyl groups excluding tert-OH is 1. The van der Waals surface area contributed by atoms with Crippen LogP contribution in [0, 0.1) is 12.8 Å². The van der Waals surface area contributed by atoms with Crippen LogP contribution in [-0.2, 0) is 4.79 Å². The topological polar surface area (TPSA) is 49.3 Å². The Morgan fingerprint density at radius 3 is 2.52 bits per heavy atom. The van der Waals surface area contributed by atoms with Crippen molar-refractivity contribution in [2.24, 2.45) is 5.92 Å². The summed E-state index contributed by atoms with van der Waals surface area (Å²) in [6.07, 6.45) is 4.63.